The molecule has 4 rings (SSSR count). The van der Waals surface area contributed by atoms with E-state index in [9.17, 15) is 4.79 Å². The molecule has 0 N–H and O–H groups in total. The van der Waals surface area contributed by atoms with E-state index >= 15 is 0 Å². The lowest BCUT2D eigenvalue weighted by atomic mass is 9.68. The van der Waals surface area contributed by atoms with Gasteiger partial charge in [0, 0.05) is 38.9 Å². The number of nitrogens with zero attached hydrogens (tertiary/aromatic N) is 3. The summed E-state index contributed by atoms with van der Waals surface area (Å²) >= 11 is 0. The van der Waals surface area contributed by atoms with Gasteiger partial charge in [0.25, 0.3) is 0 Å². The minimum absolute atomic E-state index is 0.0146. The van der Waals surface area contributed by atoms with E-state index in [0.29, 0.717) is 6.54 Å². The molecule has 0 aromatic heterocycles. The molecule has 1 heterocycles. The predicted molar refractivity (Wildman–Crippen MR) is 140 cm³/mol. The van der Waals surface area contributed by atoms with E-state index in [1.165, 1.54) is 5.56 Å². The molecule has 2 aliphatic rings. The quantitative estimate of drug-likeness (QED) is 0.443. The van der Waals surface area contributed by atoms with Crippen LogP contribution >= 0.6 is 0 Å². The van der Waals surface area contributed by atoms with Crippen molar-refractivity contribution < 1.29 is 14.3 Å². The molecule has 2 aromatic carbocycles. The van der Waals surface area contributed by atoms with Crippen LogP contribution in [-0.4, -0.2) is 74.3 Å². The summed E-state index contributed by atoms with van der Waals surface area (Å²) < 4.78 is 10.6. The number of unbranched alkanes of at least 4 members (excludes halogenated alkanes) is 1. The highest BCUT2D eigenvalue weighted by atomic mass is 16.5. The molecule has 6 heteroatoms. The van der Waals surface area contributed by atoms with Crippen molar-refractivity contribution in [2.75, 3.05) is 48.0 Å². The largest absolute Gasteiger partial charge is 0.497 e. The number of amides is 2. The van der Waals surface area contributed by atoms with Crippen LogP contribution in [0.4, 0.5) is 4.79 Å². The Labute approximate surface area is 210 Å². The molecule has 35 heavy (non-hydrogen) atoms. The van der Waals surface area contributed by atoms with Crippen LogP contribution in [0.5, 0.6) is 5.75 Å². The van der Waals surface area contributed by atoms with Gasteiger partial charge in [0.05, 0.1) is 12.6 Å². The molecule has 0 atom stereocenters. The number of carbonyl (C=O) groups excluding carboxylic acids is 1. The lowest BCUT2D eigenvalue weighted by Crippen LogP contribution is -2.55. The van der Waals surface area contributed by atoms with Crippen molar-refractivity contribution in [2.24, 2.45) is 0 Å². The minimum atomic E-state index is -0.106. The van der Waals surface area contributed by atoms with Crippen molar-refractivity contribution in [2.45, 2.75) is 56.1 Å². The average Bonchev–Trinajstić information content (AvgIpc) is 3.13. The lowest BCUT2D eigenvalue weighted by Gasteiger charge is -2.51. The number of urea groups is 1. The molecular formula is C29H41N3O3. The van der Waals surface area contributed by atoms with Crippen LogP contribution in [0.2, 0.25) is 0 Å². The van der Waals surface area contributed by atoms with Crippen molar-refractivity contribution in [1.82, 2.24) is 14.7 Å². The third kappa shape index (κ3) is 5.19. The zero-order valence-corrected chi connectivity index (χ0v) is 21.8. The topological polar surface area (TPSA) is 45.3 Å². The number of carbonyl (C=O) groups is 1. The molecule has 1 saturated carbocycles. The zero-order chi connectivity index (χ0) is 24.9. The Hall–Kier alpha value is -2.57. The Morgan fingerprint density at radius 1 is 0.914 bits per heavy atom. The van der Waals surface area contributed by atoms with E-state index in [0.717, 1.165) is 69.5 Å². The maximum Gasteiger partial charge on any atom is 0.320 e. The maximum atomic E-state index is 13.7. The smallest absolute Gasteiger partial charge is 0.320 e. The summed E-state index contributed by atoms with van der Waals surface area (Å²) in [6.45, 7) is 2.96. The molecule has 2 fully saturated rings. The SMILES string of the molecule is COCCCCN1C(=O)N(Cc2ccc(OC)cc2)C[C@]12CC[C@@](c1ccccc1)(N(C)C)CC2. The lowest BCUT2D eigenvalue weighted by molar-refractivity contribution is 0.0236. The molecule has 2 aromatic rings. The monoisotopic (exact) mass is 479 g/mol. The predicted octanol–water partition coefficient (Wildman–Crippen LogP) is 5.13. The number of hydrogen-bond acceptors (Lipinski definition) is 4. The van der Waals surface area contributed by atoms with Crippen LogP contribution in [0.25, 0.3) is 0 Å². The van der Waals surface area contributed by atoms with E-state index in [2.05, 4.69) is 71.3 Å². The highest BCUT2D eigenvalue weighted by Crippen LogP contribution is 2.49. The first kappa shape index (κ1) is 25.5. The fraction of sp³-hybridized carbons (Fsp3) is 0.552. The fourth-order valence-electron chi connectivity index (χ4n) is 6.11. The molecule has 1 spiro atoms. The summed E-state index contributed by atoms with van der Waals surface area (Å²) in [5, 5.41) is 0. The Morgan fingerprint density at radius 2 is 1.60 bits per heavy atom. The summed E-state index contributed by atoms with van der Waals surface area (Å²) in [4.78, 5) is 20.4. The number of ether oxygens (including phenoxy) is 2. The summed E-state index contributed by atoms with van der Waals surface area (Å²) in [6, 6.07) is 19.1. The van der Waals surface area contributed by atoms with Gasteiger partial charge in [-0.15, -0.1) is 0 Å². The molecule has 0 radical (unpaired) electrons. The van der Waals surface area contributed by atoms with Gasteiger partial charge in [-0.05, 0) is 75.9 Å². The van der Waals surface area contributed by atoms with Gasteiger partial charge in [-0.1, -0.05) is 42.5 Å². The molecule has 1 aliphatic heterocycles. The van der Waals surface area contributed by atoms with Crippen molar-refractivity contribution in [3.8, 4) is 5.75 Å². The molecule has 1 aliphatic carbocycles. The normalized spacial score (nSPS) is 24.5. The Balaban J connectivity index is 1.55. The second kappa shape index (κ2) is 11.0. The molecule has 1 saturated heterocycles. The van der Waals surface area contributed by atoms with E-state index in [1.807, 2.05) is 12.1 Å². The van der Waals surface area contributed by atoms with Gasteiger partial charge in [0.2, 0.25) is 0 Å². The molecule has 2 amide bonds. The van der Waals surface area contributed by atoms with E-state index in [1.54, 1.807) is 14.2 Å². The van der Waals surface area contributed by atoms with Crippen molar-refractivity contribution in [3.63, 3.8) is 0 Å². The highest BCUT2D eigenvalue weighted by molar-refractivity contribution is 5.78. The standard InChI is InChI=1S/C29H41N3O3/c1-30(2)29(25-10-6-5-7-11-25)18-16-28(17-19-29)23-31(22-24-12-14-26(35-4)15-13-24)27(33)32(28)20-8-9-21-34-3/h5-7,10-15H,8-9,16-23H2,1-4H3/t28-,29-. The van der Waals surface area contributed by atoms with E-state index in [-0.39, 0.29) is 17.1 Å². The Morgan fingerprint density at radius 3 is 2.20 bits per heavy atom. The second-order valence-electron chi connectivity index (χ2n) is 10.4. The number of rotatable bonds is 10. The maximum absolute atomic E-state index is 13.7. The Bertz CT molecular complexity index is 953. The second-order valence-corrected chi connectivity index (χ2v) is 10.4. The van der Waals surface area contributed by atoms with Crippen LogP contribution in [0.15, 0.2) is 54.6 Å². The third-order valence-corrected chi connectivity index (χ3v) is 8.25. The number of hydrogen-bond donors (Lipinski definition) is 0. The molecule has 190 valence electrons. The first-order valence-corrected chi connectivity index (χ1v) is 12.9. The van der Waals surface area contributed by atoms with Gasteiger partial charge in [0.15, 0.2) is 0 Å². The van der Waals surface area contributed by atoms with Crippen LogP contribution in [-0.2, 0) is 16.8 Å². The van der Waals surface area contributed by atoms with Crippen LogP contribution < -0.4 is 4.74 Å². The van der Waals surface area contributed by atoms with E-state index < -0.39 is 0 Å². The van der Waals surface area contributed by atoms with Gasteiger partial charge >= 0.3 is 6.03 Å². The molecule has 0 bridgehead atoms. The number of methoxy groups -OCH3 is 2. The summed E-state index contributed by atoms with van der Waals surface area (Å²) in [5.74, 6) is 0.839. The van der Waals surface area contributed by atoms with Gasteiger partial charge in [-0.2, -0.15) is 0 Å². The van der Waals surface area contributed by atoms with Crippen molar-refractivity contribution in [3.05, 3.63) is 65.7 Å². The van der Waals surface area contributed by atoms with Crippen LogP contribution in [0, 0.1) is 0 Å². The van der Waals surface area contributed by atoms with Crippen molar-refractivity contribution in [1.29, 1.82) is 0 Å². The third-order valence-electron chi connectivity index (χ3n) is 8.25. The van der Waals surface area contributed by atoms with Gasteiger partial charge < -0.3 is 19.3 Å². The number of benzene rings is 2. The zero-order valence-electron chi connectivity index (χ0n) is 21.8. The van der Waals surface area contributed by atoms with Gasteiger partial charge in [-0.25, -0.2) is 4.79 Å². The van der Waals surface area contributed by atoms with Gasteiger partial charge in [0.1, 0.15) is 5.75 Å². The minimum Gasteiger partial charge on any atom is -0.497 e. The summed E-state index contributed by atoms with van der Waals surface area (Å²) in [5.41, 5.74) is 2.43. The van der Waals surface area contributed by atoms with Crippen LogP contribution in [0.1, 0.15) is 49.7 Å². The first-order chi connectivity index (χ1) is 16.9. The van der Waals surface area contributed by atoms with Crippen molar-refractivity contribution >= 4 is 6.03 Å². The Kier molecular flexibility index (Phi) is 8.02. The molecule has 6 nitrogen and oxygen atoms in total. The summed E-state index contributed by atoms with van der Waals surface area (Å²) in [6.07, 6.45) is 6.05. The highest BCUT2D eigenvalue weighted by Gasteiger charge is 2.54. The van der Waals surface area contributed by atoms with Gasteiger partial charge in [-0.3, -0.25) is 4.90 Å². The van der Waals surface area contributed by atoms with Crippen LogP contribution in [0.3, 0.4) is 0 Å². The average molecular weight is 480 g/mol. The van der Waals surface area contributed by atoms with E-state index in [4.69, 9.17) is 9.47 Å². The first-order valence-electron chi connectivity index (χ1n) is 12.9. The fourth-order valence-corrected chi connectivity index (χ4v) is 6.11. The molecular weight excluding hydrogens is 438 g/mol. The molecule has 0 unspecified atom stereocenters. The summed E-state index contributed by atoms with van der Waals surface area (Å²) in [7, 11) is 7.81.